The molecular formula is C24H22FN3O3. The Kier molecular flexibility index (Phi) is 6.21. The quantitative estimate of drug-likeness (QED) is 0.450. The largest absolute Gasteiger partial charge is 0.452 e. The number of likely N-dealkylation sites (tertiary alicyclic amines) is 1. The smallest absolute Gasteiger partial charge is 0.331 e. The first-order valence-corrected chi connectivity index (χ1v) is 10.1. The maximum absolute atomic E-state index is 13.4. The van der Waals surface area contributed by atoms with Crippen LogP contribution in [0.3, 0.4) is 0 Å². The van der Waals surface area contributed by atoms with Crippen molar-refractivity contribution in [3.63, 3.8) is 0 Å². The predicted octanol–water partition coefficient (Wildman–Crippen LogP) is 3.86. The Bertz CT molecular complexity index is 1090. The van der Waals surface area contributed by atoms with E-state index < -0.39 is 5.97 Å². The molecule has 0 N–H and O–H groups in total. The average molecular weight is 419 g/mol. The minimum absolute atomic E-state index is 0.178. The second-order valence-electron chi connectivity index (χ2n) is 7.25. The molecule has 2 aromatic carbocycles. The first kappa shape index (κ1) is 20.5. The van der Waals surface area contributed by atoms with Gasteiger partial charge in [0.25, 0.3) is 5.91 Å². The van der Waals surface area contributed by atoms with Crippen LogP contribution >= 0.6 is 0 Å². The fraction of sp³-hybridized carbons (Fsp3) is 0.208. The summed E-state index contributed by atoms with van der Waals surface area (Å²) in [6.07, 6.45) is 6.62. The molecule has 7 heteroatoms. The van der Waals surface area contributed by atoms with Crippen LogP contribution in [0.15, 0.2) is 66.9 Å². The fourth-order valence-electron chi connectivity index (χ4n) is 3.45. The summed E-state index contributed by atoms with van der Waals surface area (Å²) >= 11 is 0. The van der Waals surface area contributed by atoms with Crippen molar-refractivity contribution in [2.45, 2.75) is 12.8 Å². The van der Waals surface area contributed by atoms with Crippen LogP contribution in [0.1, 0.15) is 18.4 Å². The number of amides is 1. The van der Waals surface area contributed by atoms with Crippen molar-refractivity contribution in [2.75, 3.05) is 19.7 Å². The Hall–Kier alpha value is -3.74. The molecule has 0 radical (unpaired) electrons. The van der Waals surface area contributed by atoms with E-state index in [1.54, 1.807) is 34.0 Å². The number of para-hydroxylation sites is 1. The zero-order valence-corrected chi connectivity index (χ0v) is 16.9. The molecule has 3 aromatic rings. The zero-order chi connectivity index (χ0) is 21.6. The maximum atomic E-state index is 13.4. The SMILES string of the molecule is O=C(/C=C/c1cn(-c2ccccc2)nc1-c1ccc(F)cc1)OCC(=O)N1CCCC1. The number of carbonyl (C=O) groups excluding carboxylic acids is 2. The number of halogens is 1. The van der Waals surface area contributed by atoms with Crippen molar-refractivity contribution in [2.24, 2.45) is 0 Å². The first-order valence-electron chi connectivity index (χ1n) is 10.1. The van der Waals surface area contributed by atoms with Crippen LogP contribution in [0.4, 0.5) is 4.39 Å². The predicted molar refractivity (Wildman–Crippen MR) is 115 cm³/mol. The number of hydrogen-bond acceptors (Lipinski definition) is 4. The second-order valence-corrected chi connectivity index (χ2v) is 7.25. The Labute approximate surface area is 179 Å². The molecule has 0 bridgehead atoms. The number of carbonyl (C=O) groups is 2. The van der Waals surface area contributed by atoms with Crippen molar-refractivity contribution in [1.29, 1.82) is 0 Å². The molecule has 31 heavy (non-hydrogen) atoms. The summed E-state index contributed by atoms with van der Waals surface area (Å²) in [5.41, 5.74) is 2.83. The molecule has 1 saturated heterocycles. The number of aromatic nitrogens is 2. The highest BCUT2D eigenvalue weighted by Gasteiger charge is 2.18. The van der Waals surface area contributed by atoms with Gasteiger partial charge >= 0.3 is 5.97 Å². The molecule has 6 nitrogen and oxygen atoms in total. The van der Waals surface area contributed by atoms with Crippen LogP contribution in [-0.4, -0.2) is 46.3 Å². The fourth-order valence-corrected chi connectivity index (χ4v) is 3.45. The van der Waals surface area contributed by atoms with Crippen molar-refractivity contribution < 1.29 is 18.7 Å². The molecule has 1 aliphatic rings. The van der Waals surface area contributed by atoms with E-state index in [9.17, 15) is 14.0 Å². The first-order chi connectivity index (χ1) is 15.1. The monoisotopic (exact) mass is 419 g/mol. The molecule has 0 aliphatic carbocycles. The van der Waals surface area contributed by atoms with Crippen LogP contribution in [0, 0.1) is 5.82 Å². The van der Waals surface area contributed by atoms with Crippen molar-refractivity contribution in [3.8, 4) is 16.9 Å². The maximum Gasteiger partial charge on any atom is 0.331 e. The van der Waals surface area contributed by atoms with Gasteiger partial charge in [0.05, 0.1) is 11.4 Å². The van der Waals surface area contributed by atoms with E-state index in [0.29, 0.717) is 29.9 Å². The Morgan fingerprint density at radius 3 is 2.45 bits per heavy atom. The van der Waals surface area contributed by atoms with Gasteiger partial charge in [0, 0.05) is 36.5 Å². The van der Waals surface area contributed by atoms with Crippen LogP contribution in [0.2, 0.25) is 0 Å². The number of hydrogen-bond donors (Lipinski definition) is 0. The lowest BCUT2D eigenvalue weighted by Gasteiger charge is -2.14. The molecule has 1 fully saturated rings. The van der Waals surface area contributed by atoms with E-state index >= 15 is 0 Å². The van der Waals surface area contributed by atoms with Crippen molar-refractivity contribution >= 4 is 18.0 Å². The standard InChI is InChI=1S/C24H22FN3O3/c25-20-11-8-18(9-12-20)24-19(16-28(26-24)21-6-2-1-3-7-21)10-13-23(30)31-17-22(29)27-14-4-5-15-27/h1-3,6-13,16H,4-5,14-15,17H2/b13-10+. The van der Waals surface area contributed by atoms with Gasteiger partial charge in [-0.3, -0.25) is 4.79 Å². The van der Waals surface area contributed by atoms with Gasteiger partial charge in [-0.25, -0.2) is 13.9 Å². The Morgan fingerprint density at radius 2 is 1.74 bits per heavy atom. The minimum atomic E-state index is -0.606. The lowest BCUT2D eigenvalue weighted by atomic mass is 10.1. The molecule has 158 valence electrons. The molecule has 4 rings (SSSR count). The summed E-state index contributed by atoms with van der Waals surface area (Å²) in [5, 5.41) is 4.61. The average Bonchev–Trinajstić information content (AvgIpc) is 3.48. The van der Waals surface area contributed by atoms with Crippen molar-refractivity contribution in [1.82, 2.24) is 14.7 Å². The lowest BCUT2D eigenvalue weighted by molar-refractivity contribution is -0.147. The van der Waals surface area contributed by atoms with E-state index in [0.717, 1.165) is 18.5 Å². The van der Waals surface area contributed by atoms with Crippen molar-refractivity contribution in [3.05, 3.63) is 78.3 Å². The molecule has 1 amide bonds. The number of benzene rings is 2. The molecule has 0 atom stereocenters. The van der Waals surface area contributed by atoms with E-state index in [1.807, 2.05) is 30.3 Å². The van der Waals surface area contributed by atoms with Crippen LogP contribution in [-0.2, 0) is 14.3 Å². The molecule has 0 saturated carbocycles. The number of ether oxygens (including phenoxy) is 1. The van der Waals surface area contributed by atoms with Gasteiger partial charge in [-0.05, 0) is 55.3 Å². The molecular weight excluding hydrogens is 397 g/mol. The summed E-state index contributed by atoms with van der Waals surface area (Å²) < 4.78 is 20.1. The molecule has 2 heterocycles. The van der Waals surface area contributed by atoms with E-state index in [1.165, 1.54) is 18.2 Å². The third kappa shape index (κ3) is 5.06. The van der Waals surface area contributed by atoms with Gasteiger partial charge in [0.15, 0.2) is 6.61 Å². The second kappa shape index (κ2) is 9.38. The number of esters is 1. The highest BCUT2D eigenvalue weighted by atomic mass is 19.1. The summed E-state index contributed by atoms with van der Waals surface area (Å²) in [7, 11) is 0. The number of nitrogens with zero attached hydrogens (tertiary/aromatic N) is 3. The Morgan fingerprint density at radius 1 is 1.03 bits per heavy atom. The molecule has 0 unspecified atom stereocenters. The molecule has 0 spiro atoms. The van der Waals surface area contributed by atoms with E-state index in [4.69, 9.17) is 4.74 Å². The zero-order valence-electron chi connectivity index (χ0n) is 16.9. The Balaban J connectivity index is 1.53. The van der Waals surface area contributed by atoms with Crippen LogP contribution < -0.4 is 0 Å². The van der Waals surface area contributed by atoms with Gasteiger partial charge in [0.2, 0.25) is 0 Å². The molecule has 1 aromatic heterocycles. The summed E-state index contributed by atoms with van der Waals surface area (Å²) in [5.74, 6) is -1.12. The van der Waals surface area contributed by atoms with Crippen LogP contribution in [0.5, 0.6) is 0 Å². The molecule has 1 aliphatic heterocycles. The van der Waals surface area contributed by atoms with Gasteiger partial charge in [0.1, 0.15) is 5.82 Å². The normalized spacial score (nSPS) is 13.6. The van der Waals surface area contributed by atoms with Crippen LogP contribution in [0.25, 0.3) is 23.0 Å². The van der Waals surface area contributed by atoms with Gasteiger partial charge < -0.3 is 9.64 Å². The third-order valence-electron chi connectivity index (χ3n) is 5.08. The lowest BCUT2D eigenvalue weighted by Crippen LogP contribution is -2.31. The van der Waals surface area contributed by atoms with Gasteiger partial charge in [-0.1, -0.05) is 18.2 Å². The summed E-state index contributed by atoms with van der Waals surface area (Å²) in [4.78, 5) is 25.9. The summed E-state index contributed by atoms with van der Waals surface area (Å²) in [6.45, 7) is 1.16. The minimum Gasteiger partial charge on any atom is -0.452 e. The topological polar surface area (TPSA) is 64.4 Å². The van der Waals surface area contributed by atoms with Gasteiger partial charge in [-0.15, -0.1) is 0 Å². The summed E-state index contributed by atoms with van der Waals surface area (Å²) in [6, 6.07) is 15.5. The third-order valence-corrected chi connectivity index (χ3v) is 5.08. The highest BCUT2D eigenvalue weighted by molar-refractivity contribution is 5.90. The van der Waals surface area contributed by atoms with E-state index in [2.05, 4.69) is 5.10 Å². The van der Waals surface area contributed by atoms with E-state index in [-0.39, 0.29) is 18.3 Å². The van der Waals surface area contributed by atoms with Gasteiger partial charge in [-0.2, -0.15) is 5.10 Å². The highest BCUT2D eigenvalue weighted by Crippen LogP contribution is 2.25. The number of rotatable bonds is 6.